The first-order valence-electron chi connectivity index (χ1n) is 15.7. The summed E-state index contributed by atoms with van der Waals surface area (Å²) >= 11 is 0. The van der Waals surface area contributed by atoms with Crippen molar-refractivity contribution in [2.75, 3.05) is 0 Å². The van der Waals surface area contributed by atoms with Crippen LogP contribution in [0.4, 0.5) is 0 Å². The molecule has 0 fully saturated rings. The van der Waals surface area contributed by atoms with Crippen LogP contribution in [0.15, 0.2) is 144 Å². The monoisotopic (exact) mass is 576 g/mol. The molecule has 0 aliphatic heterocycles. The van der Waals surface area contributed by atoms with Crippen molar-refractivity contribution in [3.05, 3.63) is 151 Å². The Morgan fingerprint density at radius 1 is 0.489 bits per heavy atom. The van der Waals surface area contributed by atoms with Gasteiger partial charge in [-0.3, -0.25) is 0 Å². The van der Waals surface area contributed by atoms with Gasteiger partial charge >= 0.3 is 0 Å². The third kappa shape index (κ3) is 3.46. The first-order valence-corrected chi connectivity index (χ1v) is 15.7. The van der Waals surface area contributed by atoms with Gasteiger partial charge < -0.3 is 13.6 Å². The average molecular weight is 577 g/mol. The minimum Gasteiger partial charge on any atom is -0.460 e. The highest BCUT2D eigenvalue weighted by Gasteiger charge is 2.23. The summed E-state index contributed by atoms with van der Waals surface area (Å²) in [7, 11) is 0. The van der Waals surface area contributed by atoms with Crippen molar-refractivity contribution in [1.82, 2.24) is 9.13 Å². The third-order valence-electron chi connectivity index (χ3n) is 9.57. The van der Waals surface area contributed by atoms with Crippen molar-refractivity contribution in [2.24, 2.45) is 0 Å². The molecule has 6 aromatic carbocycles. The van der Waals surface area contributed by atoms with Crippen LogP contribution in [0.5, 0.6) is 0 Å². The Hall–Kier alpha value is -5.80. The molecular weight excluding hydrogens is 548 g/mol. The molecule has 0 spiro atoms. The van der Waals surface area contributed by atoms with Crippen LogP contribution in [-0.4, -0.2) is 9.13 Å². The van der Waals surface area contributed by atoms with E-state index in [1.54, 1.807) is 0 Å². The van der Waals surface area contributed by atoms with Crippen molar-refractivity contribution in [1.29, 1.82) is 0 Å². The predicted molar refractivity (Wildman–Crippen MR) is 188 cm³/mol. The van der Waals surface area contributed by atoms with Gasteiger partial charge in [0.2, 0.25) is 0 Å². The standard InChI is InChI=1S/C42H28N2O/c1-2-11-27(12-3-1)28-21-23-29(24-22-28)43-33-16-7-4-13-30(33)41-36(43)25-26-37-42(41)31-14-5-8-17-34(31)44(37)35-18-10-20-39-40(35)32-15-6-9-19-38(32)45-39/h1-8,10-18,20-26H,9,19H2. The topological polar surface area (TPSA) is 23.0 Å². The van der Waals surface area contributed by atoms with Crippen molar-refractivity contribution in [3.63, 3.8) is 0 Å². The van der Waals surface area contributed by atoms with Crippen molar-refractivity contribution in [2.45, 2.75) is 12.8 Å². The van der Waals surface area contributed by atoms with Crippen LogP contribution in [0.3, 0.4) is 0 Å². The lowest BCUT2D eigenvalue weighted by Gasteiger charge is -2.11. The summed E-state index contributed by atoms with van der Waals surface area (Å²) in [5.41, 5.74) is 11.8. The molecule has 10 rings (SSSR count). The van der Waals surface area contributed by atoms with Crippen LogP contribution in [-0.2, 0) is 6.42 Å². The molecule has 0 saturated heterocycles. The molecule has 0 unspecified atom stereocenters. The third-order valence-corrected chi connectivity index (χ3v) is 9.57. The zero-order valence-corrected chi connectivity index (χ0v) is 24.6. The van der Waals surface area contributed by atoms with Gasteiger partial charge in [0.1, 0.15) is 11.3 Å². The van der Waals surface area contributed by atoms with Gasteiger partial charge in [-0.05, 0) is 66.1 Å². The number of para-hydroxylation sites is 2. The van der Waals surface area contributed by atoms with Gasteiger partial charge in [0.15, 0.2) is 0 Å². The van der Waals surface area contributed by atoms with E-state index in [2.05, 4.69) is 155 Å². The number of hydrogen-bond acceptors (Lipinski definition) is 1. The molecule has 1 aliphatic carbocycles. The second-order valence-electron chi connectivity index (χ2n) is 12.0. The van der Waals surface area contributed by atoms with E-state index < -0.39 is 0 Å². The van der Waals surface area contributed by atoms with Gasteiger partial charge in [-0.1, -0.05) is 97.1 Å². The molecule has 3 heterocycles. The van der Waals surface area contributed by atoms with Gasteiger partial charge in [-0.15, -0.1) is 0 Å². The van der Waals surface area contributed by atoms with Crippen molar-refractivity contribution < 1.29 is 4.42 Å². The average Bonchev–Trinajstić information content (AvgIpc) is 3.76. The van der Waals surface area contributed by atoms with Crippen LogP contribution < -0.4 is 0 Å². The minimum absolute atomic E-state index is 0.944. The number of fused-ring (bicyclic) bond motifs is 10. The van der Waals surface area contributed by atoms with Crippen LogP contribution in [0.2, 0.25) is 0 Å². The summed E-state index contributed by atoms with van der Waals surface area (Å²) < 4.78 is 11.3. The van der Waals surface area contributed by atoms with E-state index in [0.29, 0.717) is 0 Å². The molecule has 3 nitrogen and oxygen atoms in total. The van der Waals surface area contributed by atoms with Gasteiger partial charge in [0.25, 0.3) is 0 Å². The molecule has 45 heavy (non-hydrogen) atoms. The highest BCUT2D eigenvalue weighted by molar-refractivity contribution is 6.29. The first-order chi connectivity index (χ1) is 22.3. The summed E-state index contributed by atoms with van der Waals surface area (Å²) in [6.07, 6.45) is 6.48. The number of allylic oxidation sites excluding steroid dienone is 1. The van der Waals surface area contributed by atoms with E-state index in [4.69, 9.17) is 4.42 Å². The Labute approximate surface area is 259 Å². The Morgan fingerprint density at radius 2 is 1.13 bits per heavy atom. The van der Waals surface area contributed by atoms with Gasteiger partial charge in [0, 0.05) is 39.2 Å². The molecule has 0 saturated carbocycles. The maximum absolute atomic E-state index is 6.40. The molecule has 0 amide bonds. The number of hydrogen-bond donors (Lipinski definition) is 0. The number of aromatic nitrogens is 2. The SMILES string of the molecule is C1=Cc2c(oc3cccc(-n4c5ccccc5c5c6c7ccccc7n(-c7ccc(-c8ccccc8)cc7)c6ccc54)c23)CC1. The Bertz CT molecular complexity index is 2630. The van der Waals surface area contributed by atoms with E-state index >= 15 is 0 Å². The summed E-state index contributed by atoms with van der Waals surface area (Å²) in [4.78, 5) is 0. The Balaban J connectivity index is 1.29. The molecule has 1 aliphatic rings. The Kier molecular flexibility index (Phi) is 5.11. The molecular formula is C42H28N2O. The summed E-state index contributed by atoms with van der Waals surface area (Å²) in [6.45, 7) is 0. The molecule has 0 atom stereocenters. The van der Waals surface area contributed by atoms with Gasteiger partial charge in [-0.2, -0.15) is 0 Å². The lowest BCUT2D eigenvalue weighted by molar-refractivity contribution is 0.546. The zero-order valence-electron chi connectivity index (χ0n) is 24.6. The normalized spacial score (nSPS) is 13.1. The molecule has 0 radical (unpaired) electrons. The molecule has 0 bridgehead atoms. The largest absolute Gasteiger partial charge is 0.460 e. The maximum Gasteiger partial charge on any atom is 0.137 e. The highest BCUT2D eigenvalue weighted by atomic mass is 16.3. The number of furan rings is 1. The fraction of sp³-hybridized carbons (Fsp3) is 0.0476. The highest BCUT2D eigenvalue weighted by Crippen LogP contribution is 2.44. The fourth-order valence-electron chi connectivity index (χ4n) is 7.66. The second kappa shape index (κ2) is 9.35. The summed E-state index contributed by atoms with van der Waals surface area (Å²) in [5.74, 6) is 1.09. The smallest absolute Gasteiger partial charge is 0.137 e. The number of nitrogens with zero attached hydrogens (tertiary/aromatic N) is 2. The van der Waals surface area contributed by atoms with E-state index in [9.17, 15) is 0 Å². The molecule has 3 heteroatoms. The molecule has 3 aromatic heterocycles. The predicted octanol–water partition coefficient (Wildman–Crippen LogP) is 11.3. The van der Waals surface area contributed by atoms with Crippen LogP contribution in [0.1, 0.15) is 17.7 Å². The van der Waals surface area contributed by atoms with E-state index in [1.807, 2.05) is 0 Å². The van der Waals surface area contributed by atoms with E-state index in [1.165, 1.54) is 65.7 Å². The van der Waals surface area contributed by atoms with Gasteiger partial charge in [-0.25, -0.2) is 0 Å². The first kappa shape index (κ1) is 24.6. The quantitative estimate of drug-likeness (QED) is 0.205. The second-order valence-corrected chi connectivity index (χ2v) is 12.0. The number of benzene rings is 6. The van der Waals surface area contributed by atoms with Crippen LogP contribution in [0, 0.1) is 0 Å². The van der Waals surface area contributed by atoms with E-state index in [0.717, 1.165) is 35.6 Å². The molecule has 212 valence electrons. The fourth-order valence-corrected chi connectivity index (χ4v) is 7.66. The minimum atomic E-state index is 0.944. The molecule has 9 aromatic rings. The summed E-state index contributed by atoms with van der Waals surface area (Å²) in [5, 5.41) is 6.27. The zero-order chi connectivity index (χ0) is 29.5. The van der Waals surface area contributed by atoms with Crippen LogP contribution in [0.25, 0.3) is 83.2 Å². The van der Waals surface area contributed by atoms with Crippen molar-refractivity contribution in [3.8, 4) is 22.5 Å². The lowest BCUT2D eigenvalue weighted by atomic mass is 10.0. The maximum atomic E-state index is 6.40. The molecule has 0 N–H and O–H groups in total. The van der Waals surface area contributed by atoms with Crippen molar-refractivity contribution >= 4 is 60.7 Å². The Morgan fingerprint density at radius 3 is 1.89 bits per heavy atom. The van der Waals surface area contributed by atoms with Crippen LogP contribution >= 0.6 is 0 Å². The number of rotatable bonds is 3. The van der Waals surface area contributed by atoms with E-state index in [-0.39, 0.29) is 0 Å². The summed E-state index contributed by atoms with van der Waals surface area (Å²) in [6, 6.07) is 48.3. The lowest BCUT2D eigenvalue weighted by Crippen LogP contribution is -1.97. The van der Waals surface area contributed by atoms with Gasteiger partial charge in [0.05, 0.1) is 33.1 Å². The number of aryl methyl sites for hydroxylation is 1.